The lowest BCUT2D eigenvalue weighted by molar-refractivity contribution is -0.126. The number of hydrogen-bond acceptors (Lipinski definition) is 8. The molecule has 9 heteroatoms. The van der Waals surface area contributed by atoms with Gasteiger partial charge in [0.2, 0.25) is 5.91 Å². The molecule has 2 aromatic carbocycles. The minimum absolute atomic E-state index is 0.153. The number of nitrogens with zero attached hydrogens (tertiary/aromatic N) is 7. The second-order valence-corrected chi connectivity index (χ2v) is 10.8. The van der Waals surface area contributed by atoms with Gasteiger partial charge in [0.25, 0.3) is 0 Å². The molecule has 40 heavy (non-hydrogen) atoms. The number of anilines is 2. The summed E-state index contributed by atoms with van der Waals surface area (Å²) in [5.74, 6) is 0.606. The molecule has 4 heterocycles. The SMILES string of the molecule is C=CC(=O)N1CCN(c2nc(OCC3CCCN3C)nc3c2CCN(c2cccc4ccccc24)C3)C(C#N)C1. The quantitative estimate of drug-likeness (QED) is 0.442. The smallest absolute Gasteiger partial charge is 0.318 e. The van der Waals surface area contributed by atoms with E-state index in [1.54, 1.807) is 4.90 Å². The van der Waals surface area contributed by atoms with E-state index in [1.165, 1.54) is 29.0 Å². The van der Waals surface area contributed by atoms with Crippen molar-refractivity contribution in [2.24, 2.45) is 0 Å². The number of carbonyl (C=O) groups excluding carboxylic acids is 1. The average molecular weight is 538 g/mol. The third kappa shape index (κ3) is 4.95. The maximum atomic E-state index is 12.3. The maximum Gasteiger partial charge on any atom is 0.318 e. The normalized spacial score (nSPS) is 21.2. The van der Waals surface area contributed by atoms with Crippen LogP contribution >= 0.6 is 0 Å². The van der Waals surface area contributed by atoms with E-state index < -0.39 is 6.04 Å². The monoisotopic (exact) mass is 537 g/mol. The van der Waals surface area contributed by atoms with Crippen LogP contribution in [0.5, 0.6) is 6.01 Å². The molecule has 0 aliphatic carbocycles. The molecule has 2 unspecified atom stereocenters. The average Bonchev–Trinajstić information content (AvgIpc) is 3.42. The van der Waals surface area contributed by atoms with Crippen molar-refractivity contribution in [1.82, 2.24) is 19.8 Å². The molecule has 1 amide bonds. The number of rotatable bonds is 6. The van der Waals surface area contributed by atoms with E-state index in [0.717, 1.165) is 43.0 Å². The van der Waals surface area contributed by atoms with E-state index in [4.69, 9.17) is 14.7 Å². The van der Waals surface area contributed by atoms with Gasteiger partial charge in [0, 0.05) is 42.3 Å². The first-order chi connectivity index (χ1) is 19.6. The highest BCUT2D eigenvalue weighted by Gasteiger charge is 2.34. The zero-order valence-corrected chi connectivity index (χ0v) is 23.0. The van der Waals surface area contributed by atoms with E-state index in [1.807, 2.05) is 4.90 Å². The van der Waals surface area contributed by atoms with Crippen LogP contribution in [0.4, 0.5) is 11.5 Å². The van der Waals surface area contributed by atoms with E-state index in [2.05, 4.69) is 72.0 Å². The van der Waals surface area contributed by atoms with Gasteiger partial charge in [-0.15, -0.1) is 0 Å². The van der Waals surface area contributed by atoms with Gasteiger partial charge in [0.1, 0.15) is 18.5 Å². The maximum absolute atomic E-state index is 12.3. The number of fused-ring (bicyclic) bond motifs is 2. The summed E-state index contributed by atoms with van der Waals surface area (Å²) >= 11 is 0. The van der Waals surface area contributed by atoms with Gasteiger partial charge in [-0.1, -0.05) is 43.0 Å². The second-order valence-electron chi connectivity index (χ2n) is 10.8. The third-order valence-electron chi connectivity index (χ3n) is 8.49. The summed E-state index contributed by atoms with van der Waals surface area (Å²) in [6.45, 7) is 7.99. The van der Waals surface area contributed by atoms with Gasteiger partial charge < -0.3 is 24.3 Å². The molecule has 3 aliphatic heterocycles. The number of nitriles is 1. The molecular formula is C31H35N7O2. The molecule has 0 saturated carbocycles. The van der Waals surface area contributed by atoms with Gasteiger partial charge in [-0.3, -0.25) is 4.79 Å². The zero-order chi connectivity index (χ0) is 27.6. The number of benzene rings is 2. The van der Waals surface area contributed by atoms with Crippen LogP contribution in [0.2, 0.25) is 0 Å². The minimum atomic E-state index is -0.512. The lowest BCUT2D eigenvalue weighted by Crippen LogP contribution is -2.54. The van der Waals surface area contributed by atoms with E-state index >= 15 is 0 Å². The standard InChI is InChI=1S/C31H35N7O2/c1-3-29(39)37-16-17-38(24(18-32)19-37)30-26-13-15-36(28-12-6-9-22-8-4-5-11-25(22)28)20-27(26)33-31(34-30)40-21-23-10-7-14-35(23)2/h3-6,8-9,11-12,23-24H,1,7,10,13-17,19-21H2,2H3. The summed E-state index contributed by atoms with van der Waals surface area (Å²) < 4.78 is 6.24. The van der Waals surface area contributed by atoms with Gasteiger partial charge in [0.05, 0.1) is 24.9 Å². The fraction of sp³-hybridized carbons (Fsp3) is 0.419. The van der Waals surface area contributed by atoms with Crippen LogP contribution in [0.1, 0.15) is 24.1 Å². The van der Waals surface area contributed by atoms with Crippen LogP contribution in [0.15, 0.2) is 55.1 Å². The highest BCUT2D eigenvalue weighted by molar-refractivity contribution is 5.94. The molecule has 0 bridgehead atoms. The van der Waals surface area contributed by atoms with Crippen molar-refractivity contribution in [3.8, 4) is 12.1 Å². The van der Waals surface area contributed by atoms with Crippen molar-refractivity contribution in [2.45, 2.75) is 37.9 Å². The summed E-state index contributed by atoms with van der Waals surface area (Å²) in [5, 5.41) is 12.5. The molecular weight excluding hydrogens is 502 g/mol. The summed E-state index contributed by atoms with van der Waals surface area (Å²) in [6.07, 6.45) is 4.32. The Bertz CT molecular complexity index is 1460. The molecule has 9 nitrogen and oxygen atoms in total. The predicted molar refractivity (Wildman–Crippen MR) is 155 cm³/mol. The number of hydrogen-bond donors (Lipinski definition) is 0. The number of aromatic nitrogens is 2. The van der Waals surface area contributed by atoms with Gasteiger partial charge in [-0.25, -0.2) is 0 Å². The van der Waals surface area contributed by atoms with Crippen LogP contribution in [0.25, 0.3) is 10.8 Å². The number of likely N-dealkylation sites (tertiary alicyclic amines) is 1. The third-order valence-corrected chi connectivity index (χ3v) is 8.49. The van der Waals surface area contributed by atoms with E-state index in [0.29, 0.717) is 44.8 Å². The Morgan fingerprint density at radius 2 is 2.00 bits per heavy atom. The van der Waals surface area contributed by atoms with Gasteiger partial charge in [-0.05, 0) is 50.4 Å². The first-order valence-corrected chi connectivity index (χ1v) is 14.1. The minimum Gasteiger partial charge on any atom is -0.462 e. The highest BCUT2D eigenvalue weighted by Crippen LogP contribution is 2.35. The van der Waals surface area contributed by atoms with Gasteiger partial charge >= 0.3 is 6.01 Å². The Morgan fingerprint density at radius 3 is 2.80 bits per heavy atom. The lowest BCUT2D eigenvalue weighted by atomic mass is 10.0. The molecule has 1 aromatic heterocycles. The number of carbonyl (C=O) groups is 1. The Balaban J connectivity index is 1.34. The Hall–Kier alpha value is -4.16. The molecule has 6 rings (SSSR count). The second kappa shape index (κ2) is 11.1. The van der Waals surface area contributed by atoms with Crippen molar-refractivity contribution in [2.75, 3.05) is 56.2 Å². The van der Waals surface area contributed by atoms with Crippen LogP contribution in [-0.4, -0.2) is 84.1 Å². The number of ether oxygens (including phenoxy) is 1. The number of likely N-dealkylation sites (N-methyl/N-ethyl adjacent to an activating group) is 1. The molecule has 2 fully saturated rings. The van der Waals surface area contributed by atoms with Crippen molar-refractivity contribution in [1.29, 1.82) is 5.26 Å². The molecule has 0 spiro atoms. The molecule has 3 aromatic rings. The topological polar surface area (TPSA) is 88.8 Å². The fourth-order valence-electron chi connectivity index (χ4n) is 6.22. The molecule has 2 atom stereocenters. The van der Waals surface area contributed by atoms with Crippen molar-refractivity contribution < 1.29 is 9.53 Å². The molecule has 2 saturated heterocycles. The highest BCUT2D eigenvalue weighted by atomic mass is 16.5. The van der Waals surface area contributed by atoms with Crippen LogP contribution < -0.4 is 14.5 Å². The van der Waals surface area contributed by atoms with Crippen molar-refractivity contribution in [3.63, 3.8) is 0 Å². The van der Waals surface area contributed by atoms with Crippen molar-refractivity contribution in [3.05, 3.63) is 66.4 Å². The lowest BCUT2D eigenvalue weighted by Gasteiger charge is -2.40. The van der Waals surface area contributed by atoms with Crippen LogP contribution in [0.3, 0.4) is 0 Å². The summed E-state index contributed by atoms with van der Waals surface area (Å²) in [4.78, 5) is 30.5. The van der Waals surface area contributed by atoms with E-state index in [9.17, 15) is 10.1 Å². The largest absolute Gasteiger partial charge is 0.462 e. The van der Waals surface area contributed by atoms with Crippen LogP contribution in [0, 0.1) is 11.3 Å². The number of amides is 1. The van der Waals surface area contributed by atoms with E-state index in [-0.39, 0.29) is 5.91 Å². The Labute approximate surface area is 235 Å². The first kappa shape index (κ1) is 26.1. The Morgan fingerprint density at radius 1 is 1.15 bits per heavy atom. The molecule has 0 N–H and O–H groups in total. The van der Waals surface area contributed by atoms with Gasteiger partial charge in [-0.2, -0.15) is 15.2 Å². The molecule has 3 aliphatic rings. The van der Waals surface area contributed by atoms with Crippen LogP contribution in [-0.2, 0) is 17.8 Å². The first-order valence-electron chi connectivity index (χ1n) is 14.1. The molecule has 206 valence electrons. The number of piperazine rings is 1. The predicted octanol–water partition coefficient (Wildman–Crippen LogP) is 3.39. The molecule has 0 radical (unpaired) electrons. The fourth-order valence-corrected chi connectivity index (χ4v) is 6.22. The zero-order valence-electron chi connectivity index (χ0n) is 23.0. The summed E-state index contributed by atoms with van der Waals surface area (Å²) in [5.41, 5.74) is 3.18. The van der Waals surface area contributed by atoms with Crippen molar-refractivity contribution >= 4 is 28.2 Å². The van der Waals surface area contributed by atoms with Gasteiger partial charge in [0.15, 0.2) is 0 Å². The summed E-state index contributed by atoms with van der Waals surface area (Å²) in [7, 11) is 2.13. The summed E-state index contributed by atoms with van der Waals surface area (Å²) in [6, 6.07) is 17.5. The Kier molecular flexibility index (Phi) is 7.27.